The minimum Gasteiger partial charge on any atom is -0.491 e. The third-order valence-electron chi connectivity index (χ3n) is 2.90. The molecule has 0 radical (unpaired) electrons. The molecule has 2 aromatic carbocycles. The first kappa shape index (κ1) is 17.5. The Morgan fingerprint density at radius 2 is 1.83 bits per heavy atom. The van der Waals surface area contributed by atoms with E-state index in [0.717, 1.165) is 0 Å². The third kappa shape index (κ3) is 5.39. The molecule has 126 valence electrons. The lowest BCUT2D eigenvalue weighted by atomic mass is 10.2. The maximum absolute atomic E-state index is 13.0. The normalized spacial score (nSPS) is 10.3. The molecule has 0 saturated carbocycles. The van der Waals surface area contributed by atoms with Crippen molar-refractivity contribution in [3.8, 4) is 5.75 Å². The lowest BCUT2D eigenvalue weighted by Crippen LogP contribution is -2.21. The van der Waals surface area contributed by atoms with E-state index in [1.54, 1.807) is 24.3 Å². The van der Waals surface area contributed by atoms with Gasteiger partial charge in [0.25, 0.3) is 5.91 Å². The molecule has 24 heavy (non-hydrogen) atoms. The highest BCUT2D eigenvalue weighted by Gasteiger charge is 2.11. The van der Waals surface area contributed by atoms with Crippen molar-refractivity contribution < 1.29 is 23.5 Å². The monoisotopic (exact) mass is 331 g/mol. The molecule has 0 unspecified atom stereocenters. The number of halogens is 1. The molecule has 1 N–H and O–H groups in total. The summed E-state index contributed by atoms with van der Waals surface area (Å²) in [5.41, 5.74) is 0.607. The van der Waals surface area contributed by atoms with Gasteiger partial charge in [-0.05, 0) is 56.3 Å². The summed E-state index contributed by atoms with van der Waals surface area (Å²) in [6.07, 6.45) is 0.0364. The number of hydrogen-bond acceptors (Lipinski definition) is 4. The van der Waals surface area contributed by atoms with Gasteiger partial charge in [0, 0.05) is 5.69 Å². The number of carbonyl (C=O) groups is 2. The summed E-state index contributed by atoms with van der Waals surface area (Å²) in [5, 5.41) is 2.44. The highest BCUT2D eigenvalue weighted by atomic mass is 19.1. The Hall–Kier alpha value is -2.89. The maximum Gasteiger partial charge on any atom is 0.338 e. The number of anilines is 1. The molecule has 0 atom stereocenters. The van der Waals surface area contributed by atoms with Crippen LogP contribution >= 0.6 is 0 Å². The van der Waals surface area contributed by atoms with Gasteiger partial charge in [-0.15, -0.1) is 0 Å². The summed E-state index contributed by atoms with van der Waals surface area (Å²) in [5.74, 6) is -0.993. The van der Waals surface area contributed by atoms with Crippen molar-refractivity contribution in [2.75, 3.05) is 11.9 Å². The van der Waals surface area contributed by atoms with Crippen molar-refractivity contribution >= 4 is 17.6 Å². The molecular formula is C18H18FNO4. The van der Waals surface area contributed by atoms with Crippen LogP contribution in [0.4, 0.5) is 10.1 Å². The number of hydrogen-bond donors (Lipinski definition) is 1. The van der Waals surface area contributed by atoms with E-state index in [0.29, 0.717) is 17.0 Å². The second-order valence-corrected chi connectivity index (χ2v) is 5.33. The van der Waals surface area contributed by atoms with E-state index < -0.39 is 24.3 Å². The van der Waals surface area contributed by atoms with Gasteiger partial charge in [0.05, 0.1) is 11.7 Å². The van der Waals surface area contributed by atoms with E-state index in [9.17, 15) is 14.0 Å². The first-order valence-corrected chi connectivity index (χ1v) is 7.43. The van der Waals surface area contributed by atoms with Crippen molar-refractivity contribution in [1.29, 1.82) is 0 Å². The fourth-order valence-electron chi connectivity index (χ4n) is 1.92. The Bertz CT molecular complexity index is 713. The Morgan fingerprint density at radius 1 is 1.12 bits per heavy atom. The molecule has 2 aromatic rings. The molecule has 2 rings (SSSR count). The first-order valence-electron chi connectivity index (χ1n) is 7.43. The number of ether oxygens (including phenoxy) is 2. The molecule has 0 aromatic heterocycles. The van der Waals surface area contributed by atoms with Gasteiger partial charge >= 0.3 is 5.97 Å². The summed E-state index contributed by atoms with van der Waals surface area (Å²) >= 11 is 0. The van der Waals surface area contributed by atoms with Gasteiger partial charge in [-0.2, -0.15) is 0 Å². The molecule has 0 heterocycles. The average Bonchev–Trinajstić information content (AvgIpc) is 2.53. The predicted octanol–water partition coefficient (Wildman–Crippen LogP) is 3.41. The van der Waals surface area contributed by atoms with Crippen molar-refractivity contribution in [3.05, 3.63) is 59.9 Å². The Labute approximate surface area is 139 Å². The van der Waals surface area contributed by atoms with Crippen molar-refractivity contribution in [1.82, 2.24) is 0 Å². The zero-order valence-electron chi connectivity index (χ0n) is 13.4. The summed E-state index contributed by atoms with van der Waals surface area (Å²) in [6.45, 7) is 3.35. The highest BCUT2D eigenvalue weighted by Crippen LogP contribution is 2.14. The fourth-order valence-corrected chi connectivity index (χ4v) is 1.92. The van der Waals surface area contributed by atoms with Gasteiger partial charge in [0.15, 0.2) is 6.61 Å². The van der Waals surface area contributed by atoms with Crippen LogP contribution in [0.5, 0.6) is 5.75 Å². The molecule has 0 aliphatic rings. The molecule has 5 nitrogen and oxygen atoms in total. The van der Waals surface area contributed by atoms with Crippen molar-refractivity contribution in [2.45, 2.75) is 20.0 Å². The summed E-state index contributed by atoms with van der Waals surface area (Å²) in [4.78, 5) is 23.6. The van der Waals surface area contributed by atoms with Gasteiger partial charge in [0.1, 0.15) is 11.6 Å². The Morgan fingerprint density at radius 3 is 2.46 bits per heavy atom. The second kappa shape index (κ2) is 8.10. The van der Waals surface area contributed by atoms with Crippen LogP contribution in [0, 0.1) is 5.82 Å². The summed E-state index contributed by atoms with van der Waals surface area (Å²) < 4.78 is 23.4. The van der Waals surface area contributed by atoms with E-state index >= 15 is 0 Å². The highest BCUT2D eigenvalue weighted by molar-refractivity contribution is 5.95. The number of rotatable bonds is 6. The van der Waals surface area contributed by atoms with Gasteiger partial charge < -0.3 is 14.8 Å². The number of benzene rings is 2. The van der Waals surface area contributed by atoms with Crippen LogP contribution in [0.1, 0.15) is 24.2 Å². The third-order valence-corrected chi connectivity index (χ3v) is 2.90. The second-order valence-electron chi connectivity index (χ2n) is 5.33. The van der Waals surface area contributed by atoms with Gasteiger partial charge in [-0.25, -0.2) is 9.18 Å². The molecule has 1 amide bonds. The number of esters is 1. The average molecular weight is 331 g/mol. The van der Waals surface area contributed by atoms with E-state index in [1.165, 1.54) is 24.3 Å². The first-order chi connectivity index (χ1) is 11.4. The quantitative estimate of drug-likeness (QED) is 0.824. The topological polar surface area (TPSA) is 64.6 Å². The summed E-state index contributed by atoms with van der Waals surface area (Å²) in [7, 11) is 0. The van der Waals surface area contributed by atoms with Gasteiger partial charge in [-0.3, -0.25) is 4.79 Å². The van der Waals surface area contributed by atoms with Crippen LogP contribution in [-0.2, 0) is 9.53 Å². The fraction of sp³-hybridized carbons (Fsp3) is 0.222. The molecule has 0 aliphatic carbocycles. The number of carbonyl (C=O) groups excluding carboxylic acids is 2. The maximum atomic E-state index is 13.0. The van der Waals surface area contributed by atoms with Gasteiger partial charge in [-0.1, -0.05) is 6.07 Å². The minimum absolute atomic E-state index is 0.0364. The standard InChI is InChI=1S/C18H18FNO4/c1-12(2)24-16-8-6-13(7-9-16)18(22)23-11-17(21)20-15-5-3-4-14(19)10-15/h3-10,12H,11H2,1-2H3,(H,20,21). The molecule has 0 spiro atoms. The van der Waals surface area contributed by atoms with Crippen molar-refractivity contribution in [2.24, 2.45) is 0 Å². The van der Waals surface area contributed by atoms with Crippen LogP contribution in [0.15, 0.2) is 48.5 Å². The molecule has 0 aliphatic heterocycles. The summed E-state index contributed by atoms with van der Waals surface area (Å²) in [6, 6.07) is 11.9. The number of amides is 1. The minimum atomic E-state index is -0.625. The van der Waals surface area contributed by atoms with E-state index in [-0.39, 0.29) is 6.10 Å². The molecule has 0 fully saturated rings. The van der Waals surface area contributed by atoms with Crippen LogP contribution in [0.3, 0.4) is 0 Å². The van der Waals surface area contributed by atoms with Gasteiger partial charge in [0.2, 0.25) is 0 Å². The van der Waals surface area contributed by atoms with Crippen molar-refractivity contribution in [3.63, 3.8) is 0 Å². The Balaban J connectivity index is 1.85. The largest absolute Gasteiger partial charge is 0.491 e. The van der Waals surface area contributed by atoms with Crippen LogP contribution < -0.4 is 10.1 Å². The predicted molar refractivity (Wildman–Crippen MR) is 87.5 cm³/mol. The SMILES string of the molecule is CC(C)Oc1ccc(C(=O)OCC(=O)Nc2cccc(F)c2)cc1. The van der Waals surface area contributed by atoms with Crippen LogP contribution in [-0.4, -0.2) is 24.6 Å². The molecule has 6 heteroatoms. The van der Waals surface area contributed by atoms with Crippen LogP contribution in [0.2, 0.25) is 0 Å². The van der Waals surface area contributed by atoms with Crippen LogP contribution in [0.25, 0.3) is 0 Å². The molecule has 0 saturated heterocycles. The zero-order chi connectivity index (χ0) is 17.5. The molecule has 0 bridgehead atoms. The van der Waals surface area contributed by atoms with E-state index in [1.807, 2.05) is 13.8 Å². The smallest absolute Gasteiger partial charge is 0.338 e. The molecular weight excluding hydrogens is 313 g/mol. The van der Waals surface area contributed by atoms with E-state index in [2.05, 4.69) is 5.32 Å². The Kier molecular flexibility index (Phi) is 5.89. The van der Waals surface area contributed by atoms with E-state index in [4.69, 9.17) is 9.47 Å². The number of nitrogens with one attached hydrogen (secondary N) is 1. The lowest BCUT2D eigenvalue weighted by Gasteiger charge is -2.10. The lowest BCUT2D eigenvalue weighted by molar-refractivity contribution is -0.119. The zero-order valence-corrected chi connectivity index (χ0v) is 13.4.